The molecule has 8 nitrogen and oxygen atoms in total. The van der Waals surface area contributed by atoms with E-state index in [1.165, 1.54) is 48.9 Å². The summed E-state index contributed by atoms with van der Waals surface area (Å²) in [5.74, 6) is 2.69. The van der Waals surface area contributed by atoms with Gasteiger partial charge in [0.2, 0.25) is 0 Å². The monoisotopic (exact) mass is 524 g/mol. The number of carbonyl (C=O) groups is 1. The molecule has 1 aromatic carbocycles. The van der Waals surface area contributed by atoms with Gasteiger partial charge in [-0.2, -0.15) is 0 Å². The molecule has 8 heteroatoms. The lowest BCUT2D eigenvalue weighted by molar-refractivity contribution is -0.156. The van der Waals surface area contributed by atoms with Crippen molar-refractivity contribution in [3.05, 3.63) is 23.3 Å². The minimum atomic E-state index is -0.389. The zero-order valence-electron chi connectivity index (χ0n) is 23.5. The van der Waals surface area contributed by atoms with E-state index in [4.69, 9.17) is 14.3 Å². The van der Waals surface area contributed by atoms with Gasteiger partial charge in [-0.25, -0.2) is 0 Å². The van der Waals surface area contributed by atoms with Crippen molar-refractivity contribution in [2.45, 2.75) is 83.3 Å². The Morgan fingerprint density at radius 1 is 1.08 bits per heavy atom. The fraction of sp³-hybridized carbons (Fsp3) is 0.733. The van der Waals surface area contributed by atoms with Gasteiger partial charge in [0.1, 0.15) is 11.6 Å². The van der Waals surface area contributed by atoms with Gasteiger partial charge in [-0.15, -0.1) is 0 Å². The van der Waals surface area contributed by atoms with E-state index < -0.39 is 0 Å². The van der Waals surface area contributed by atoms with Gasteiger partial charge in [0.25, 0.3) is 0 Å². The smallest absolute Gasteiger partial charge is 0.311 e. The van der Waals surface area contributed by atoms with Crippen molar-refractivity contribution in [2.75, 3.05) is 57.9 Å². The molecule has 0 aromatic heterocycles. The van der Waals surface area contributed by atoms with Crippen molar-refractivity contribution in [1.29, 1.82) is 0 Å². The summed E-state index contributed by atoms with van der Waals surface area (Å²) in [6.45, 7) is 10.9. The number of nitrogens with zero attached hydrogens (tertiary/aromatic N) is 4. The first-order valence-corrected chi connectivity index (χ1v) is 14.8. The summed E-state index contributed by atoms with van der Waals surface area (Å²) in [5, 5.41) is 4.52. The SMILES string of the molecule is CCOC(=O)C1(C)CCN(C2=NOC3(C2)CN(Cc2cc(C4CC4)c(N4CCCCC4)cc2OC)C3)CC1. The Labute approximate surface area is 227 Å². The third kappa shape index (κ3) is 4.96. The van der Waals surface area contributed by atoms with Crippen LogP contribution in [0.4, 0.5) is 5.69 Å². The van der Waals surface area contributed by atoms with Gasteiger partial charge in [0, 0.05) is 63.1 Å². The van der Waals surface area contributed by atoms with Gasteiger partial charge >= 0.3 is 5.97 Å². The quantitative estimate of drug-likeness (QED) is 0.486. The molecule has 1 aliphatic carbocycles. The van der Waals surface area contributed by atoms with Crippen molar-refractivity contribution in [1.82, 2.24) is 9.80 Å². The maximum Gasteiger partial charge on any atom is 0.311 e. The molecule has 4 fully saturated rings. The van der Waals surface area contributed by atoms with Crippen LogP contribution < -0.4 is 9.64 Å². The second-order valence-electron chi connectivity index (χ2n) is 12.4. The highest BCUT2D eigenvalue weighted by Gasteiger charge is 2.51. The zero-order valence-corrected chi connectivity index (χ0v) is 23.5. The van der Waals surface area contributed by atoms with Gasteiger partial charge in [-0.1, -0.05) is 5.16 Å². The molecule has 1 spiro atoms. The summed E-state index contributed by atoms with van der Waals surface area (Å²) >= 11 is 0. The molecule has 0 amide bonds. The van der Waals surface area contributed by atoms with Crippen molar-refractivity contribution < 1.29 is 19.1 Å². The summed E-state index contributed by atoms with van der Waals surface area (Å²) in [5.41, 5.74) is 3.63. The second kappa shape index (κ2) is 10.2. The van der Waals surface area contributed by atoms with Crippen LogP contribution in [0.2, 0.25) is 0 Å². The van der Waals surface area contributed by atoms with Gasteiger partial charge in [-0.05, 0) is 76.3 Å². The number of piperidine rings is 2. The van der Waals surface area contributed by atoms with Crippen LogP contribution in [-0.2, 0) is 20.9 Å². The first-order chi connectivity index (χ1) is 18.4. The van der Waals surface area contributed by atoms with E-state index in [0.717, 1.165) is 76.7 Å². The maximum atomic E-state index is 12.4. The van der Waals surface area contributed by atoms with Gasteiger partial charge in [0.15, 0.2) is 5.60 Å². The first kappa shape index (κ1) is 25.8. The highest BCUT2D eigenvalue weighted by atomic mass is 16.7. The topological polar surface area (TPSA) is 66.8 Å². The predicted molar refractivity (Wildman–Crippen MR) is 148 cm³/mol. The highest BCUT2D eigenvalue weighted by Crippen LogP contribution is 2.47. The Hall–Kier alpha value is -2.48. The summed E-state index contributed by atoms with van der Waals surface area (Å²) in [4.78, 5) is 25.8. The molecule has 4 heterocycles. The van der Waals surface area contributed by atoms with E-state index in [0.29, 0.717) is 12.5 Å². The summed E-state index contributed by atoms with van der Waals surface area (Å²) in [6, 6.07) is 4.76. The first-order valence-electron chi connectivity index (χ1n) is 14.8. The molecule has 5 aliphatic rings. The number of rotatable bonds is 7. The Morgan fingerprint density at radius 3 is 2.47 bits per heavy atom. The standard InChI is InChI=1S/C30H44N4O4/c1-4-37-28(35)29(2)10-14-34(15-11-29)27-18-30(38-31-27)20-32(21-30)19-23-16-24(22-8-9-22)25(17-26(23)36-3)33-12-6-5-7-13-33/h16-17,22H,4-15,18-21H2,1-3H3. The summed E-state index contributed by atoms with van der Waals surface area (Å²) < 4.78 is 11.2. The predicted octanol–water partition coefficient (Wildman–Crippen LogP) is 4.52. The van der Waals surface area contributed by atoms with Gasteiger partial charge in [0.05, 0.1) is 25.6 Å². The number of hydrogen-bond acceptors (Lipinski definition) is 8. The van der Waals surface area contributed by atoms with Crippen molar-refractivity contribution in [2.24, 2.45) is 10.6 Å². The number of oxime groups is 1. The molecular formula is C30H44N4O4. The largest absolute Gasteiger partial charge is 0.496 e. The maximum absolute atomic E-state index is 12.4. The van der Waals surface area contributed by atoms with E-state index in [2.05, 4.69) is 32.0 Å². The third-order valence-corrected chi connectivity index (χ3v) is 9.39. The van der Waals surface area contributed by atoms with Crippen LogP contribution in [0.5, 0.6) is 5.75 Å². The number of esters is 1. The molecule has 1 aromatic rings. The normalized spacial score (nSPS) is 24.6. The highest BCUT2D eigenvalue weighted by molar-refractivity contribution is 5.85. The van der Waals surface area contributed by atoms with Crippen LogP contribution in [0.3, 0.4) is 0 Å². The number of anilines is 1. The van der Waals surface area contributed by atoms with Crippen molar-refractivity contribution >= 4 is 17.5 Å². The molecule has 0 N–H and O–H groups in total. The number of ether oxygens (including phenoxy) is 2. The van der Waals surface area contributed by atoms with E-state index in [-0.39, 0.29) is 17.0 Å². The third-order valence-electron chi connectivity index (χ3n) is 9.39. The van der Waals surface area contributed by atoms with E-state index >= 15 is 0 Å². The van der Waals surface area contributed by atoms with Crippen LogP contribution in [0.15, 0.2) is 17.3 Å². The molecule has 1 saturated carbocycles. The van der Waals surface area contributed by atoms with E-state index in [1.54, 1.807) is 7.11 Å². The van der Waals surface area contributed by atoms with E-state index in [1.807, 2.05) is 13.8 Å². The molecule has 0 unspecified atom stereocenters. The number of benzene rings is 1. The molecular weight excluding hydrogens is 480 g/mol. The molecule has 3 saturated heterocycles. The van der Waals surface area contributed by atoms with Gasteiger partial charge in [-0.3, -0.25) is 9.69 Å². The Balaban J connectivity index is 1.06. The number of hydrogen-bond donors (Lipinski definition) is 0. The average Bonchev–Trinajstić information content (AvgIpc) is 3.67. The average molecular weight is 525 g/mol. The lowest BCUT2D eigenvalue weighted by Gasteiger charge is -2.46. The minimum absolute atomic E-state index is 0.0698. The summed E-state index contributed by atoms with van der Waals surface area (Å²) in [6.07, 6.45) is 8.97. The fourth-order valence-electron chi connectivity index (χ4n) is 6.81. The van der Waals surface area contributed by atoms with Crippen LogP contribution in [-0.4, -0.2) is 80.2 Å². The van der Waals surface area contributed by atoms with Crippen LogP contribution in [0.25, 0.3) is 0 Å². The molecule has 208 valence electrons. The van der Waals surface area contributed by atoms with E-state index in [9.17, 15) is 4.79 Å². The fourth-order valence-corrected chi connectivity index (χ4v) is 6.81. The molecule has 0 radical (unpaired) electrons. The number of carbonyl (C=O) groups excluding carboxylic acids is 1. The number of likely N-dealkylation sites (tertiary alicyclic amines) is 2. The Morgan fingerprint density at radius 2 is 1.82 bits per heavy atom. The second-order valence-corrected chi connectivity index (χ2v) is 12.4. The zero-order chi connectivity index (χ0) is 26.3. The number of amidine groups is 1. The van der Waals surface area contributed by atoms with Crippen molar-refractivity contribution in [3.8, 4) is 5.75 Å². The molecule has 0 bridgehead atoms. The van der Waals surface area contributed by atoms with Crippen LogP contribution in [0.1, 0.15) is 82.3 Å². The van der Waals surface area contributed by atoms with Crippen LogP contribution in [0, 0.1) is 5.41 Å². The molecule has 4 aliphatic heterocycles. The Kier molecular flexibility index (Phi) is 6.95. The summed E-state index contributed by atoms with van der Waals surface area (Å²) in [7, 11) is 1.80. The minimum Gasteiger partial charge on any atom is -0.496 e. The molecule has 6 rings (SSSR count). The van der Waals surface area contributed by atoms with Crippen LogP contribution >= 0.6 is 0 Å². The van der Waals surface area contributed by atoms with Gasteiger partial charge < -0.3 is 24.1 Å². The van der Waals surface area contributed by atoms with Crippen molar-refractivity contribution in [3.63, 3.8) is 0 Å². The Bertz CT molecular complexity index is 1060. The lowest BCUT2D eigenvalue weighted by Crippen LogP contribution is -2.61. The lowest BCUT2D eigenvalue weighted by atomic mass is 9.80. The molecule has 38 heavy (non-hydrogen) atoms. The number of methoxy groups -OCH3 is 1. The molecule has 0 atom stereocenters.